The Hall–Kier alpha value is -3.36. The lowest BCUT2D eigenvalue weighted by Crippen LogP contribution is -2.47. The van der Waals surface area contributed by atoms with Crippen LogP contribution in [-0.4, -0.2) is 41.8 Å². The molecule has 0 fully saturated rings. The summed E-state index contributed by atoms with van der Waals surface area (Å²) in [5.74, 6) is -1.81. The third-order valence-corrected chi connectivity index (χ3v) is 4.52. The normalized spacial score (nSPS) is 12.9. The highest BCUT2D eigenvalue weighted by atomic mass is 19.1. The van der Waals surface area contributed by atoms with Crippen LogP contribution in [0.5, 0.6) is 5.75 Å². The number of fused-ring (bicyclic) bond motifs is 1. The highest BCUT2D eigenvalue weighted by molar-refractivity contribution is 5.98. The van der Waals surface area contributed by atoms with Crippen molar-refractivity contribution in [3.63, 3.8) is 0 Å². The first-order valence-corrected chi connectivity index (χ1v) is 9.24. The molecule has 0 unspecified atom stereocenters. The molecule has 1 aliphatic heterocycles. The highest BCUT2D eigenvalue weighted by Crippen LogP contribution is 2.22. The number of methoxy groups -OCH3 is 1. The van der Waals surface area contributed by atoms with Gasteiger partial charge in [-0.2, -0.15) is 0 Å². The van der Waals surface area contributed by atoms with E-state index in [1.807, 2.05) is 6.92 Å². The number of ether oxygens (including phenoxy) is 2. The number of carbonyl (C=O) groups is 2. The molecule has 9 heteroatoms. The molecule has 1 aromatic heterocycles. The van der Waals surface area contributed by atoms with Crippen molar-refractivity contribution in [3.05, 3.63) is 63.3 Å². The van der Waals surface area contributed by atoms with E-state index < -0.39 is 17.3 Å². The Kier molecular flexibility index (Phi) is 6.16. The summed E-state index contributed by atoms with van der Waals surface area (Å²) < 4.78 is 24.7. The lowest BCUT2D eigenvalue weighted by Gasteiger charge is -2.32. The third-order valence-electron chi connectivity index (χ3n) is 4.52. The third kappa shape index (κ3) is 4.23. The zero-order valence-electron chi connectivity index (χ0n) is 16.2. The van der Waals surface area contributed by atoms with Crippen LogP contribution in [0.15, 0.2) is 35.3 Å². The molecular formula is C20H22FN3O5. The quantitative estimate of drug-likeness (QED) is 0.563. The fourth-order valence-electron chi connectivity index (χ4n) is 2.95. The van der Waals surface area contributed by atoms with Gasteiger partial charge in [-0.25, -0.2) is 9.18 Å². The van der Waals surface area contributed by atoms with Crippen LogP contribution in [0, 0.1) is 5.82 Å². The standard InChI is InChI=1S/C20H22FN3O5/c1-3-4-9-29-18-16-19(26)23(10-13-5-7-14(21)8-6-13)12-22-24(16)11-15(17(18)25)20(27)28-2/h5-8,11,22H,3-4,9-10,12H2,1-2H3. The van der Waals surface area contributed by atoms with E-state index in [-0.39, 0.29) is 42.6 Å². The summed E-state index contributed by atoms with van der Waals surface area (Å²) in [6, 6.07) is 5.81. The van der Waals surface area contributed by atoms with Gasteiger partial charge in [-0.15, -0.1) is 0 Å². The summed E-state index contributed by atoms with van der Waals surface area (Å²) >= 11 is 0. The predicted octanol–water partition coefficient (Wildman–Crippen LogP) is 2.11. The largest absolute Gasteiger partial charge is 0.487 e. The van der Waals surface area contributed by atoms with Gasteiger partial charge in [-0.05, 0) is 24.1 Å². The number of hydrogen-bond acceptors (Lipinski definition) is 6. The number of benzene rings is 1. The number of unbranched alkanes of at least 4 members (excludes halogenated alkanes) is 1. The Balaban J connectivity index is 1.98. The number of halogens is 1. The molecular weight excluding hydrogens is 381 g/mol. The Morgan fingerprint density at radius 2 is 1.97 bits per heavy atom. The maximum Gasteiger partial charge on any atom is 0.343 e. The van der Waals surface area contributed by atoms with E-state index in [1.165, 1.54) is 35.0 Å². The smallest absolute Gasteiger partial charge is 0.343 e. The summed E-state index contributed by atoms with van der Waals surface area (Å²) in [6.45, 7) is 2.54. The van der Waals surface area contributed by atoms with Crippen LogP contribution in [0.1, 0.15) is 46.2 Å². The number of pyridine rings is 1. The first kappa shape index (κ1) is 20.4. The van der Waals surface area contributed by atoms with E-state index in [1.54, 1.807) is 12.1 Å². The second kappa shape index (κ2) is 8.76. The Morgan fingerprint density at radius 3 is 2.62 bits per heavy atom. The van der Waals surface area contributed by atoms with E-state index >= 15 is 0 Å². The number of esters is 1. The highest BCUT2D eigenvalue weighted by Gasteiger charge is 2.32. The Bertz CT molecular complexity index is 971. The topological polar surface area (TPSA) is 89.9 Å². The number of hydrogen-bond donors (Lipinski definition) is 1. The van der Waals surface area contributed by atoms with E-state index in [4.69, 9.17) is 4.74 Å². The molecule has 1 amide bonds. The molecule has 0 spiro atoms. The van der Waals surface area contributed by atoms with Crippen LogP contribution < -0.4 is 15.6 Å². The number of nitrogens with zero attached hydrogens (tertiary/aromatic N) is 2. The van der Waals surface area contributed by atoms with Crippen molar-refractivity contribution in [3.8, 4) is 5.75 Å². The average molecular weight is 403 g/mol. The van der Waals surface area contributed by atoms with Crippen LogP contribution >= 0.6 is 0 Å². The zero-order valence-corrected chi connectivity index (χ0v) is 16.2. The van der Waals surface area contributed by atoms with Gasteiger partial charge < -0.3 is 19.8 Å². The van der Waals surface area contributed by atoms with Gasteiger partial charge in [0.25, 0.3) is 5.91 Å². The van der Waals surface area contributed by atoms with Gasteiger partial charge in [0.1, 0.15) is 18.0 Å². The summed E-state index contributed by atoms with van der Waals surface area (Å²) in [7, 11) is 1.17. The van der Waals surface area contributed by atoms with Crippen molar-refractivity contribution in [1.82, 2.24) is 9.58 Å². The molecule has 2 aromatic rings. The van der Waals surface area contributed by atoms with Crippen LogP contribution in [0.3, 0.4) is 0 Å². The number of carbonyl (C=O) groups excluding carboxylic acids is 2. The molecule has 1 N–H and O–H groups in total. The van der Waals surface area contributed by atoms with Crippen LogP contribution in [0.2, 0.25) is 0 Å². The van der Waals surface area contributed by atoms with Gasteiger partial charge in [0.2, 0.25) is 5.43 Å². The van der Waals surface area contributed by atoms with Gasteiger partial charge in [-0.3, -0.25) is 14.3 Å². The first-order valence-electron chi connectivity index (χ1n) is 9.24. The second-order valence-electron chi connectivity index (χ2n) is 6.56. The van der Waals surface area contributed by atoms with Crippen molar-refractivity contribution in [1.29, 1.82) is 0 Å². The average Bonchev–Trinajstić information content (AvgIpc) is 2.72. The number of nitrogens with one attached hydrogen (secondary N) is 1. The molecule has 1 aromatic carbocycles. The van der Waals surface area contributed by atoms with Crippen molar-refractivity contribution >= 4 is 11.9 Å². The molecule has 3 rings (SSSR count). The zero-order chi connectivity index (χ0) is 21.0. The Labute approximate surface area is 166 Å². The summed E-state index contributed by atoms with van der Waals surface area (Å²) in [5, 5.41) is 0. The molecule has 154 valence electrons. The second-order valence-corrected chi connectivity index (χ2v) is 6.56. The maximum absolute atomic E-state index is 13.1. The minimum atomic E-state index is -0.811. The summed E-state index contributed by atoms with van der Waals surface area (Å²) in [4.78, 5) is 39.3. The lowest BCUT2D eigenvalue weighted by molar-refractivity contribution is 0.0593. The van der Waals surface area contributed by atoms with Crippen LogP contribution in [0.4, 0.5) is 4.39 Å². The fourth-order valence-corrected chi connectivity index (χ4v) is 2.95. The number of aromatic nitrogens is 1. The van der Waals surface area contributed by atoms with Crippen molar-refractivity contribution < 1.29 is 23.5 Å². The monoisotopic (exact) mass is 403 g/mol. The maximum atomic E-state index is 13.1. The Morgan fingerprint density at radius 1 is 1.24 bits per heavy atom. The predicted molar refractivity (Wildman–Crippen MR) is 103 cm³/mol. The van der Waals surface area contributed by atoms with E-state index in [2.05, 4.69) is 10.2 Å². The molecule has 2 heterocycles. The van der Waals surface area contributed by atoms with Gasteiger partial charge in [0, 0.05) is 12.7 Å². The van der Waals surface area contributed by atoms with Crippen molar-refractivity contribution in [2.45, 2.75) is 26.3 Å². The summed E-state index contributed by atoms with van der Waals surface area (Å²) in [6.07, 6.45) is 2.76. The molecule has 0 bridgehead atoms. The molecule has 0 saturated heterocycles. The molecule has 0 aliphatic carbocycles. The van der Waals surface area contributed by atoms with Crippen LogP contribution in [0.25, 0.3) is 0 Å². The molecule has 8 nitrogen and oxygen atoms in total. The summed E-state index contributed by atoms with van der Waals surface area (Å²) in [5.41, 5.74) is 2.79. The van der Waals surface area contributed by atoms with E-state index in [0.717, 1.165) is 12.0 Å². The number of amides is 1. The van der Waals surface area contributed by atoms with E-state index in [0.29, 0.717) is 6.42 Å². The van der Waals surface area contributed by atoms with Gasteiger partial charge in [0.05, 0.1) is 13.7 Å². The van der Waals surface area contributed by atoms with Gasteiger partial charge >= 0.3 is 5.97 Å². The molecule has 0 radical (unpaired) electrons. The van der Waals surface area contributed by atoms with Crippen LogP contribution in [-0.2, 0) is 11.3 Å². The van der Waals surface area contributed by atoms with Gasteiger partial charge in [-0.1, -0.05) is 25.5 Å². The van der Waals surface area contributed by atoms with E-state index in [9.17, 15) is 18.8 Å². The lowest BCUT2D eigenvalue weighted by atomic mass is 10.1. The SMILES string of the molecule is CCCCOc1c2n(cc(C(=O)OC)c1=O)NCN(Cc1ccc(F)cc1)C2=O. The van der Waals surface area contributed by atoms with Crippen molar-refractivity contribution in [2.75, 3.05) is 25.8 Å². The van der Waals surface area contributed by atoms with Crippen molar-refractivity contribution in [2.24, 2.45) is 0 Å². The molecule has 29 heavy (non-hydrogen) atoms. The fraction of sp³-hybridized carbons (Fsp3) is 0.350. The first-order chi connectivity index (χ1) is 14.0. The minimum Gasteiger partial charge on any atom is -0.487 e. The molecule has 1 aliphatic rings. The molecule has 0 saturated carbocycles. The minimum absolute atomic E-state index is 0.00659. The molecule has 0 atom stereocenters. The van der Waals surface area contributed by atoms with Gasteiger partial charge in [0.15, 0.2) is 11.4 Å². The number of rotatable bonds is 7.